The Kier molecular flexibility index (Phi) is 52.5. The van der Waals surface area contributed by atoms with E-state index in [-0.39, 0.29) is 37.5 Å². The monoisotopic (exact) mass is 953 g/mol. The van der Waals surface area contributed by atoms with Gasteiger partial charge in [0.15, 0.2) is 6.10 Å². The van der Waals surface area contributed by atoms with Crippen LogP contribution in [0.1, 0.15) is 226 Å². The Morgan fingerprint density at radius 3 is 1.10 bits per heavy atom. The number of hydrogen-bond acceptors (Lipinski definition) is 6. The summed E-state index contributed by atoms with van der Waals surface area (Å²) in [6.07, 6.45) is 78.6. The van der Waals surface area contributed by atoms with E-state index in [9.17, 15) is 14.4 Å². The lowest BCUT2D eigenvalue weighted by atomic mass is 10.1. The maximum atomic E-state index is 12.8. The minimum absolute atomic E-state index is 0.126. The van der Waals surface area contributed by atoms with Gasteiger partial charge in [0.25, 0.3) is 0 Å². The molecule has 388 valence electrons. The first kappa shape index (κ1) is 64.5. The topological polar surface area (TPSA) is 78.9 Å². The van der Waals surface area contributed by atoms with Crippen LogP contribution in [0.3, 0.4) is 0 Å². The molecule has 0 amide bonds. The summed E-state index contributed by atoms with van der Waals surface area (Å²) >= 11 is 0. The summed E-state index contributed by atoms with van der Waals surface area (Å²) in [5.74, 6) is -1.04. The van der Waals surface area contributed by atoms with Crippen molar-refractivity contribution < 1.29 is 28.6 Å². The van der Waals surface area contributed by atoms with Crippen molar-refractivity contribution in [2.45, 2.75) is 232 Å². The Hall–Kier alpha value is -4.45. The summed E-state index contributed by atoms with van der Waals surface area (Å²) in [5, 5.41) is 0. The van der Waals surface area contributed by atoms with E-state index >= 15 is 0 Å². The number of unbranched alkanes of at least 4 members (excludes halogenated alkanes) is 20. The van der Waals surface area contributed by atoms with Crippen molar-refractivity contribution in [3.8, 4) is 0 Å². The average Bonchev–Trinajstić information content (AvgIpc) is 3.35. The number of allylic oxidation sites excluding steroid dienone is 22. The number of carbonyl (C=O) groups excluding carboxylic acids is 3. The van der Waals surface area contributed by atoms with Crippen LogP contribution in [-0.2, 0) is 28.6 Å². The van der Waals surface area contributed by atoms with Gasteiger partial charge in [-0.25, -0.2) is 0 Å². The molecule has 0 aliphatic carbocycles. The zero-order chi connectivity index (χ0) is 50.0. The van der Waals surface area contributed by atoms with Gasteiger partial charge in [0.05, 0.1) is 0 Å². The maximum absolute atomic E-state index is 12.8. The summed E-state index contributed by atoms with van der Waals surface area (Å²) in [7, 11) is 0. The molecule has 0 rings (SSSR count). The van der Waals surface area contributed by atoms with Gasteiger partial charge in [0, 0.05) is 19.3 Å². The first-order valence-electron chi connectivity index (χ1n) is 27.8. The second kappa shape index (κ2) is 56.1. The molecule has 0 fully saturated rings. The molecule has 0 N–H and O–H groups in total. The van der Waals surface area contributed by atoms with Crippen molar-refractivity contribution in [3.05, 3.63) is 134 Å². The fourth-order valence-corrected chi connectivity index (χ4v) is 7.04. The lowest BCUT2D eigenvalue weighted by Gasteiger charge is -2.18. The van der Waals surface area contributed by atoms with Gasteiger partial charge < -0.3 is 14.2 Å². The van der Waals surface area contributed by atoms with Gasteiger partial charge in [-0.3, -0.25) is 14.4 Å². The van der Waals surface area contributed by atoms with Crippen molar-refractivity contribution in [2.24, 2.45) is 0 Å². The maximum Gasteiger partial charge on any atom is 0.306 e. The SMILES string of the molecule is CCC\C=C/C=C\C=C/C=C\C=C/CCCCCCCC(=O)OCC(COC(=O)CCCCC/C=C\C=C/CCCCCCCCC)OC(=O)CCC/C=C\C/C=C\C/C=C\C/C=C\CCCCC. The molecule has 0 aromatic heterocycles. The van der Waals surface area contributed by atoms with E-state index in [2.05, 4.69) is 118 Å². The first-order valence-corrected chi connectivity index (χ1v) is 27.8. The van der Waals surface area contributed by atoms with E-state index in [0.717, 1.165) is 103 Å². The van der Waals surface area contributed by atoms with Crippen molar-refractivity contribution in [1.29, 1.82) is 0 Å². The van der Waals surface area contributed by atoms with E-state index in [1.54, 1.807) is 0 Å². The second-order valence-corrected chi connectivity index (χ2v) is 17.9. The van der Waals surface area contributed by atoms with E-state index in [1.165, 1.54) is 77.0 Å². The molecule has 0 aliphatic heterocycles. The van der Waals surface area contributed by atoms with E-state index < -0.39 is 6.10 Å². The number of carbonyl (C=O) groups is 3. The van der Waals surface area contributed by atoms with Crippen LogP contribution in [0.25, 0.3) is 0 Å². The third-order valence-electron chi connectivity index (χ3n) is 11.2. The number of esters is 3. The van der Waals surface area contributed by atoms with Crippen LogP contribution in [0.15, 0.2) is 134 Å². The van der Waals surface area contributed by atoms with Crippen molar-refractivity contribution in [1.82, 2.24) is 0 Å². The minimum Gasteiger partial charge on any atom is -0.462 e. The zero-order valence-electron chi connectivity index (χ0n) is 44.3. The Morgan fingerprint density at radius 1 is 0.304 bits per heavy atom. The van der Waals surface area contributed by atoms with Crippen LogP contribution in [0.2, 0.25) is 0 Å². The van der Waals surface area contributed by atoms with Crippen LogP contribution < -0.4 is 0 Å². The largest absolute Gasteiger partial charge is 0.462 e. The minimum atomic E-state index is -0.834. The van der Waals surface area contributed by atoms with Gasteiger partial charge in [-0.1, -0.05) is 238 Å². The third-order valence-corrected chi connectivity index (χ3v) is 11.2. The fourth-order valence-electron chi connectivity index (χ4n) is 7.04. The zero-order valence-corrected chi connectivity index (χ0v) is 44.3. The molecule has 69 heavy (non-hydrogen) atoms. The Bertz CT molecular complexity index is 1510. The number of hydrogen-bond donors (Lipinski definition) is 0. The Morgan fingerprint density at radius 2 is 0.623 bits per heavy atom. The molecular formula is C63H100O6. The standard InChI is InChI=1S/C63H100O6/c1-4-7-10-13-16-19-22-25-28-31-33-35-38-41-44-47-50-53-56-62(65)68-59-60(58-67-61(64)55-52-49-46-43-40-37-34-30-27-24-21-18-15-12-9-6-3)69-63(66)57-54-51-48-45-42-39-36-32-29-26-23-20-17-14-11-8-5-2/h10,13,16-17,19-20,22,25-26,28-31,33-37,39-40,45,48,60H,4-9,11-12,14-15,18,21,23-24,27,32,38,41-44,46-47,49-59H2,1-3H3/b13-10-,19-16-,20-17-,25-22-,29-26-,31-28-,34-30-,35-33-,39-36-,40-37-,48-45-. The predicted octanol–water partition coefficient (Wildman–Crippen LogP) is 18.6. The normalized spacial score (nSPS) is 13.1. The van der Waals surface area contributed by atoms with Gasteiger partial charge in [-0.2, -0.15) is 0 Å². The number of rotatable bonds is 48. The molecule has 0 aliphatic rings. The summed E-state index contributed by atoms with van der Waals surface area (Å²) in [4.78, 5) is 38.1. The quantitative estimate of drug-likeness (QED) is 0.0199. The Labute approximate surface area is 424 Å². The summed E-state index contributed by atoms with van der Waals surface area (Å²) in [6, 6.07) is 0. The first-order chi connectivity index (χ1) is 34.0. The van der Waals surface area contributed by atoms with Gasteiger partial charge in [-0.05, 0) is 103 Å². The molecule has 6 nitrogen and oxygen atoms in total. The smallest absolute Gasteiger partial charge is 0.306 e. The van der Waals surface area contributed by atoms with E-state index in [1.807, 2.05) is 36.5 Å². The van der Waals surface area contributed by atoms with Crippen LogP contribution >= 0.6 is 0 Å². The van der Waals surface area contributed by atoms with E-state index in [4.69, 9.17) is 14.2 Å². The lowest BCUT2D eigenvalue weighted by Crippen LogP contribution is -2.30. The van der Waals surface area contributed by atoms with Crippen LogP contribution in [0, 0.1) is 0 Å². The van der Waals surface area contributed by atoms with Crippen molar-refractivity contribution >= 4 is 17.9 Å². The molecule has 1 unspecified atom stereocenters. The molecule has 0 aromatic carbocycles. The van der Waals surface area contributed by atoms with Gasteiger partial charge in [0.2, 0.25) is 0 Å². The fraction of sp³-hybridized carbons (Fsp3) is 0.603. The van der Waals surface area contributed by atoms with Crippen LogP contribution in [0.5, 0.6) is 0 Å². The number of ether oxygens (including phenoxy) is 3. The third kappa shape index (κ3) is 54.4. The highest BCUT2D eigenvalue weighted by Gasteiger charge is 2.19. The highest BCUT2D eigenvalue weighted by atomic mass is 16.6. The highest BCUT2D eigenvalue weighted by Crippen LogP contribution is 2.12. The molecule has 0 radical (unpaired) electrons. The molecule has 6 heteroatoms. The van der Waals surface area contributed by atoms with Crippen molar-refractivity contribution in [3.63, 3.8) is 0 Å². The van der Waals surface area contributed by atoms with Gasteiger partial charge in [0.1, 0.15) is 13.2 Å². The average molecular weight is 953 g/mol. The molecule has 0 spiro atoms. The molecule has 0 bridgehead atoms. The van der Waals surface area contributed by atoms with Crippen molar-refractivity contribution in [2.75, 3.05) is 13.2 Å². The highest BCUT2D eigenvalue weighted by molar-refractivity contribution is 5.71. The van der Waals surface area contributed by atoms with E-state index in [0.29, 0.717) is 19.3 Å². The molecular weight excluding hydrogens is 853 g/mol. The second-order valence-electron chi connectivity index (χ2n) is 17.9. The summed E-state index contributed by atoms with van der Waals surface area (Å²) in [5.41, 5.74) is 0. The van der Waals surface area contributed by atoms with Crippen LogP contribution in [-0.4, -0.2) is 37.2 Å². The Balaban J connectivity index is 4.60. The molecule has 0 aromatic rings. The van der Waals surface area contributed by atoms with Gasteiger partial charge >= 0.3 is 17.9 Å². The summed E-state index contributed by atoms with van der Waals surface area (Å²) < 4.78 is 16.7. The molecule has 0 saturated carbocycles. The predicted molar refractivity (Wildman–Crippen MR) is 297 cm³/mol. The molecule has 0 heterocycles. The van der Waals surface area contributed by atoms with Crippen LogP contribution in [0.4, 0.5) is 0 Å². The molecule has 1 atom stereocenters. The van der Waals surface area contributed by atoms with Gasteiger partial charge in [-0.15, -0.1) is 0 Å². The molecule has 0 saturated heterocycles. The summed E-state index contributed by atoms with van der Waals surface area (Å²) in [6.45, 7) is 6.41. The lowest BCUT2D eigenvalue weighted by molar-refractivity contribution is -0.167.